The largest absolute Gasteiger partial charge is 0.450 e. The number of anilines is 1. The summed E-state index contributed by atoms with van der Waals surface area (Å²) in [5, 5.41) is 0.374. The molecule has 32 heavy (non-hydrogen) atoms. The van der Waals surface area contributed by atoms with Gasteiger partial charge in [0, 0.05) is 18.7 Å². The Balaban J connectivity index is 1.94. The van der Waals surface area contributed by atoms with Crippen LogP contribution in [-0.2, 0) is 10.3 Å². The van der Waals surface area contributed by atoms with Crippen LogP contribution in [0.5, 0.6) is 0 Å². The van der Waals surface area contributed by atoms with Crippen LogP contribution in [0.25, 0.3) is 11.0 Å². The molecule has 0 radical (unpaired) electrons. The topological polar surface area (TPSA) is 70.8 Å². The highest BCUT2D eigenvalue weighted by molar-refractivity contribution is 6.17. The van der Waals surface area contributed by atoms with Gasteiger partial charge in [0.1, 0.15) is 5.58 Å². The van der Waals surface area contributed by atoms with Crippen LogP contribution in [0.15, 0.2) is 58.3 Å². The summed E-state index contributed by atoms with van der Waals surface area (Å²) >= 11 is 0. The highest BCUT2D eigenvalue weighted by atomic mass is 16.3. The van der Waals surface area contributed by atoms with Crippen LogP contribution in [0.3, 0.4) is 0 Å². The van der Waals surface area contributed by atoms with Crippen LogP contribution < -0.4 is 10.3 Å². The zero-order chi connectivity index (χ0) is 22.8. The molecule has 0 bridgehead atoms. The van der Waals surface area contributed by atoms with Crippen molar-refractivity contribution in [1.82, 2.24) is 4.90 Å². The molecular weight excluding hydrogens is 404 g/mol. The number of carbonyl (C=O) groups is 2. The Labute approximate surface area is 185 Å². The van der Waals surface area contributed by atoms with E-state index in [2.05, 4.69) is 6.58 Å². The Morgan fingerprint density at radius 2 is 1.81 bits per heavy atom. The van der Waals surface area contributed by atoms with Crippen molar-refractivity contribution in [2.24, 2.45) is 0 Å². The second kappa shape index (κ2) is 6.92. The van der Waals surface area contributed by atoms with Crippen LogP contribution in [0.2, 0.25) is 0 Å². The van der Waals surface area contributed by atoms with Crippen molar-refractivity contribution in [3.05, 3.63) is 87.3 Å². The molecule has 2 aliphatic heterocycles. The smallest absolute Gasteiger partial charge is 0.291 e. The molecule has 6 nitrogen and oxygen atoms in total. The molecule has 3 heterocycles. The number of para-hydroxylation sites is 1. The molecule has 2 aliphatic rings. The summed E-state index contributed by atoms with van der Waals surface area (Å²) in [5.41, 5.74) is 1.81. The molecule has 1 aromatic heterocycles. The Morgan fingerprint density at radius 1 is 1.09 bits per heavy atom. The van der Waals surface area contributed by atoms with Gasteiger partial charge in [0.05, 0.1) is 16.6 Å². The van der Waals surface area contributed by atoms with Crippen molar-refractivity contribution < 1.29 is 14.0 Å². The van der Waals surface area contributed by atoms with Gasteiger partial charge in [-0.15, -0.1) is 6.58 Å². The Hall–Kier alpha value is -3.67. The maximum Gasteiger partial charge on any atom is 0.291 e. The summed E-state index contributed by atoms with van der Waals surface area (Å²) < 4.78 is 6.06. The van der Waals surface area contributed by atoms with Gasteiger partial charge in [-0.25, -0.2) is 0 Å². The van der Waals surface area contributed by atoms with Gasteiger partial charge in [0.2, 0.25) is 5.76 Å². The van der Waals surface area contributed by atoms with Gasteiger partial charge < -0.3 is 14.2 Å². The van der Waals surface area contributed by atoms with E-state index in [1.807, 2.05) is 45.0 Å². The molecule has 0 saturated carbocycles. The maximum absolute atomic E-state index is 14.1. The van der Waals surface area contributed by atoms with E-state index in [1.165, 1.54) is 4.90 Å². The highest BCUT2D eigenvalue weighted by Crippen LogP contribution is 2.52. The van der Waals surface area contributed by atoms with E-state index < -0.39 is 11.4 Å². The first-order chi connectivity index (χ1) is 15.4. The summed E-state index contributed by atoms with van der Waals surface area (Å²) in [5.74, 6) is -0.835. The average Bonchev–Trinajstić information content (AvgIpc) is 3.16. The third kappa shape index (κ3) is 2.32. The summed E-state index contributed by atoms with van der Waals surface area (Å²) in [6, 6.07) is 10.9. The molecule has 5 rings (SSSR count). The fourth-order valence-electron chi connectivity index (χ4n) is 5.07. The lowest BCUT2D eigenvalue weighted by atomic mass is 9.84. The van der Waals surface area contributed by atoms with Gasteiger partial charge in [0.15, 0.2) is 11.0 Å². The standard InChI is InChI=1S/C26H24N2O4/c1-5-11-27-19-10-8-7-9-18(19)26(25(27)31)21-22(29)17-13-15(3)16(4)14-20(17)32-23(21)24(30)28(26)12-6-2/h6-10,13-14H,2,5,11-12H2,1,3-4H3. The zero-order valence-corrected chi connectivity index (χ0v) is 18.4. The van der Waals surface area contributed by atoms with Gasteiger partial charge in [-0.3, -0.25) is 14.4 Å². The zero-order valence-electron chi connectivity index (χ0n) is 18.4. The Kier molecular flexibility index (Phi) is 4.38. The van der Waals surface area contributed by atoms with Crippen molar-refractivity contribution in [1.29, 1.82) is 0 Å². The van der Waals surface area contributed by atoms with E-state index >= 15 is 0 Å². The number of hydrogen-bond donors (Lipinski definition) is 0. The normalized spacial score (nSPS) is 19.2. The van der Waals surface area contributed by atoms with E-state index in [0.29, 0.717) is 28.8 Å². The Bertz CT molecular complexity index is 1390. The van der Waals surface area contributed by atoms with Crippen LogP contribution in [-0.4, -0.2) is 29.8 Å². The van der Waals surface area contributed by atoms with E-state index in [1.54, 1.807) is 23.1 Å². The number of fused-ring (bicyclic) bond motifs is 5. The minimum atomic E-state index is -1.56. The number of aryl methyl sites for hydroxylation is 2. The molecule has 0 aliphatic carbocycles. The van der Waals surface area contributed by atoms with Crippen molar-refractivity contribution in [3.63, 3.8) is 0 Å². The predicted octanol–water partition coefficient (Wildman–Crippen LogP) is 4.05. The summed E-state index contributed by atoms with van der Waals surface area (Å²) in [7, 11) is 0. The van der Waals surface area contributed by atoms with Gasteiger partial charge >= 0.3 is 0 Å². The molecule has 0 fully saturated rings. The number of carbonyl (C=O) groups excluding carboxylic acids is 2. The molecule has 0 N–H and O–H groups in total. The first-order valence-electron chi connectivity index (χ1n) is 10.8. The quantitative estimate of drug-likeness (QED) is 0.588. The van der Waals surface area contributed by atoms with Gasteiger partial charge in [-0.2, -0.15) is 0 Å². The fraction of sp³-hybridized carbons (Fsp3) is 0.269. The predicted molar refractivity (Wildman–Crippen MR) is 123 cm³/mol. The highest BCUT2D eigenvalue weighted by Gasteiger charge is 2.64. The summed E-state index contributed by atoms with van der Waals surface area (Å²) in [4.78, 5) is 44.7. The van der Waals surface area contributed by atoms with Crippen molar-refractivity contribution in [2.45, 2.75) is 32.7 Å². The molecule has 6 heteroatoms. The second-order valence-corrected chi connectivity index (χ2v) is 8.46. The lowest BCUT2D eigenvalue weighted by molar-refractivity contribution is -0.125. The SMILES string of the molecule is C=CCN1C(=O)c2oc3cc(C)c(C)cc3c(=O)c2C12C(=O)N(CCC)c1ccccc12. The first-order valence-corrected chi connectivity index (χ1v) is 10.8. The summed E-state index contributed by atoms with van der Waals surface area (Å²) in [6.07, 6.45) is 2.31. The second-order valence-electron chi connectivity index (χ2n) is 8.46. The number of rotatable bonds is 4. The van der Waals surface area contributed by atoms with Crippen molar-refractivity contribution in [2.75, 3.05) is 18.0 Å². The van der Waals surface area contributed by atoms with Crippen molar-refractivity contribution in [3.8, 4) is 0 Å². The minimum absolute atomic E-state index is 0.0610. The van der Waals surface area contributed by atoms with E-state index in [0.717, 1.165) is 17.5 Å². The molecule has 0 saturated heterocycles. The van der Waals surface area contributed by atoms with Gasteiger partial charge in [0.25, 0.3) is 11.8 Å². The molecule has 162 valence electrons. The number of benzene rings is 2. The third-order valence-electron chi connectivity index (χ3n) is 6.61. The Morgan fingerprint density at radius 3 is 2.53 bits per heavy atom. The van der Waals surface area contributed by atoms with Crippen LogP contribution >= 0.6 is 0 Å². The monoisotopic (exact) mass is 428 g/mol. The van der Waals surface area contributed by atoms with Crippen LogP contribution in [0, 0.1) is 13.8 Å². The van der Waals surface area contributed by atoms with Crippen LogP contribution in [0.4, 0.5) is 5.69 Å². The molecule has 1 atom stereocenters. The number of hydrogen-bond acceptors (Lipinski definition) is 4. The number of nitrogens with zero attached hydrogens (tertiary/aromatic N) is 2. The summed E-state index contributed by atoms with van der Waals surface area (Å²) in [6.45, 7) is 10.2. The molecule has 1 spiro atoms. The first kappa shape index (κ1) is 20.2. The molecule has 1 unspecified atom stereocenters. The molecule has 2 amide bonds. The van der Waals surface area contributed by atoms with Gasteiger partial charge in [-0.05, 0) is 49.6 Å². The van der Waals surface area contributed by atoms with Gasteiger partial charge in [-0.1, -0.05) is 31.2 Å². The molecular formula is C26H24N2O4. The fourth-order valence-corrected chi connectivity index (χ4v) is 5.07. The van der Waals surface area contributed by atoms with E-state index in [9.17, 15) is 14.4 Å². The van der Waals surface area contributed by atoms with E-state index in [4.69, 9.17) is 4.42 Å². The molecule has 2 aromatic carbocycles. The van der Waals surface area contributed by atoms with Crippen LogP contribution in [0.1, 0.15) is 46.2 Å². The maximum atomic E-state index is 14.1. The van der Waals surface area contributed by atoms with Crippen molar-refractivity contribution >= 4 is 28.5 Å². The minimum Gasteiger partial charge on any atom is -0.450 e. The van der Waals surface area contributed by atoms with E-state index in [-0.39, 0.29) is 29.2 Å². The third-order valence-corrected chi connectivity index (χ3v) is 6.61. The number of amides is 2. The lowest BCUT2D eigenvalue weighted by Crippen LogP contribution is -2.53. The molecule has 3 aromatic rings. The lowest BCUT2D eigenvalue weighted by Gasteiger charge is -2.33. The average molecular weight is 428 g/mol.